The second kappa shape index (κ2) is 7.59. The van der Waals surface area contributed by atoms with Crippen molar-refractivity contribution >= 4 is 11.8 Å². The van der Waals surface area contributed by atoms with E-state index in [0.29, 0.717) is 25.3 Å². The molecular weight excluding hydrogens is 309 g/mol. The number of halogens is 1. The average Bonchev–Trinajstić information content (AvgIpc) is 2.97. The molecule has 2 amide bonds. The van der Waals surface area contributed by atoms with Crippen molar-refractivity contribution in [1.82, 2.24) is 20.2 Å². The highest BCUT2D eigenvalue weighted by molar-refractivity contribution is 5.74. The van der Waals surface area contributed by atoms with Gasteiger partial charge in [-0.05, 0) is 25.3 Å². The lowest BCUT2D eigenvalue weighted by Crippen LogP contribution is -2.47. The number of anilines is 1. The number of nitrogens with one attached hydrogen (secondary N) is 1. The first-order valence-electron chi connectivity index (χ1n) is 8.48. The van der Waals surface area contributed by atoms with Gasteiger partial charge in [0.2, 0.25) is 0 Å². The van der Waals surface area contributed by atoms with Crippen LogP contribution in [0.15, 0.2) is 30.7 Å². The Morgan fingerprint density at radius 2 is 2.42 bits per heavy atom. The molecule has 130 valence electrons. The van der Waals surface area contributed by atoms with Crippen LogP contribution < -0.4 is 10.2 Å². The molecular formula is C17H24FN5O. The molecule has 0 spiro atoms. The van der Waals surface area contributed by atoms with Gasteiger partial charge in [-0.3, -0.25) is 0 Å². The second-order valence-electron chi connectivity index (χ2n) is 6.50. The summed E-state index contributed by atoms with van der Waals surface area (Å²) in [5.41, 5.74) is 0. The van der Waals surface area contributed by atoms with Crippen molar-refractivity contribution < 1.29 is 9.18 Å². The lowest BCUT2D eigenvalue weighted by atomic mass is 10.0. The van der Waals surface area contributed by atoms with Crippen LogP contribution in [0, 0.1) is 0 Å². The summed E-state index contributed by atoms with van der Waals surface area (Å²) in [5, 5.41) is 3.02. The normalized spacial score (nSPS) is 26.4. The van der Waals surface area contributed by atoms with E-state index in [1.807, 2.05) is 4.90 Å². The Kier molecular flexibility index (Phi) is 5.27. The summed E-state index contributed by atoms with van der Waals surface area (Å²) in [4.78, 5) is 24.0. The van der Waals surface area contributed by atoms with Crippen LogP contribution in [-0.2, 0) is 0 Å². The molecule has 0 radical (unpaired) electrons. The van der Waals surface area contributed by atoms with E-state index in [4.69, 9.17) is 0 Å². The Morgan fingerprint density at radius 1 is 1.54 bits per heavy atom. The lowest BCUT2D eigenvalue weighted by molar-refractivity contribution is 0.202. The number of allylic oxidation sites excluding steroid dienone is 1. The minimum atomic E-state index is -0.900. The maximum absolute atomic E-state index is 13.9. The van der Waals surface area contributed by atoms with Crippen molar-refractivity contribution in [3.63, 3.8) is 0 Å². The quantitative estimate of drug-likeness (QED) is 0.858. The molecule has 6 nitrogen and oxygen atoms in total. The number of amides is 2. The third-order valence-electron chi connectivity index (χ3n) is 4.62. The number of rotatable bonds is 4. The summed E-state index contributed by atoms with van der Waals surface area (Å²) in [7, 11) is 1.76. The maximum atomic E-state index is 13.9. The maximum Gasteiger partial charge on any atom is 0.317 e. The Labute approximate surface area is 141 Å². The lowest BCUT2D eigenvalue weighted by Gasteiger charge is -2.30. The van der Waals surface area contributed by atoms with E-state index < -0.39 is 6.17 Å². The van der Waals surface area contributed by atoms with Gasteiger partial charge < -0.3 is 15.1 Å². The van der Waals surface area contributed by atoms with Gasteiger partial charge in [-0.15, -0.1) is 0 Å². The van der Waals surface area contributed by atoms with E-state index >= 15 is 0 Å². The number of alkyl halides is 1. The fourth-order valence-electron chi connectivity index (χ4n) is 3.37. The Morgan fingerprint density at radius 3 is 3.12 bits per heavy atom. The van der Waals surface area contributed by atoms with E-state index in [1.54, 1.807) is 24.2 Å². The highest BCUT2D eigenvalue weighted by Gasteiger charge is 2.34. The average molecular weight is 333 g/mol. The highest BCUT2D eigenvalue weighted by Crippen LogP contribution is 2.25. The fraction of sp³-hybridized carbons (Fsp3) is 0.588. The van der Waals surface area contributed by atoms with Gasteiger partial charge in [0, 0.05) is 32.3 Å². The number of nitrogens with zero attached hydrogens (tertiary/aromatic N) is 4. The molecule has 2 aliphatic rings. The molecule has 1 aliphatic carbocycles. The smallest absolute Gasteiger partial charge is 0.317 e. The van der Waals surface area contributed by atoms with Crippen molar-refractivity contribution in [1.29, 1.82) is 0 Å². The molecule has 1 saturated heterocycles. The van der Waals surface area contributed by atoms with Crippen molar-refractivity contribution in [2.24, 2.45) is 0 Å². The third-order valence-corrected chi connectivity index (χ3v) is 4.62. The van der Waals surface area contributed by atoms with Crippen LogP contribution in [0.25, 0.3) is 0 Å². The number of hydrogen-bond acceptors (Lipinski definition) is 4. The Balaban J connectivity index is 1.59. The number of hydrogen-bond donors (Lipinski definition) is 1. The largest absolute Gasteiger partial charge is 0.349 e. The molecule has 0 bridgehead atoms. The van der Waals surface area contributed by atoms with Crippen molar-refractivity contribution in [3.05, 3.63) is 30.7 Å². The minimum absolute atomic E-state index is 0.0763. The molecule has 1 fully saturated rings. The van der Waals surface area contributed by atoms with Crippen molar-refractivity contribution in [3.8, 4) is 0 Å². The molecule has 24 heavy (non-hydrogen) atoms. The summed E-state index contributed by atoms with van der Waals surface area (Å²) < 4.78 is 13.9. The van der Waals surface area contributed by atoms with Crippen molar-refractivity contribution in [2.45, 2.75) is 43.9 Å². The summed E-state index contributed by atoms with van der Waals surface area (Å²) in [6.45, 7) is 0.773. The van der Waals surface area contributed by atoms with E-state index in [1.165, 1.54) is 6.33 Å². The molecule has 1 aromatic rings. The molecule has 7 heteroatoms. The zero-order valence-electron chi connectivity index (χ0n) is 13.9. The summed E-state index contributed by atoms with van der Waals surface area (Å²) >= 11 is 0. The van der Waals surface area contributed by atoms with Gasteiger partial charge in [0.1, 0.15) is 18.3 Å². The van der Waals surface area contributed by atoms with Gasteiger partial charge in [0.15, 0.2) is 0 Å². The van der Waals surface area contributed by atoms with Crippen LogP contribution in [0.2, 0.25) is 0 Å². The number of urea groups is 1. The first-order chi connectivity index (χ1) is 11.6. The highest BCUT2D eigenvalue weighted by atomic mass is 19.1. The molecule has 3 rings (SSSR count). The van der Waals surface area contributed by atoms with Crippen LogP contribution in [0.1, 0.15) is 25.7 Å². The van der Waals surface area contributed by atoms with Crippen LogP contribution >= 0.6 is 0 Å². The molecule has 0 saturated carbocycles. The number of likely N-dealkylation sites (N-methyl/N-ethyl adjacent to an activating group) is 1. The molecule has 1 aliphatic heterocycles. The monoisotopic (exact) mass is 333 g/mol. The standard InChI is InChI=1S/C17H24FN5O/c1-22(17(24)21-14-5-3-2-4-6-14)11-15-9-13(18)10-23(15)16-7-8-19-12-20-16/h3,5,7-8,12-15H,2,4,6,9-11H2,1H3,(H,21,24)/t13-,14?,15-/m0/s1. The third kappa shape index (κ3) is 4.01. The molecule has 2 heterocycles. The Bertz CT molecular complexity index is 582. The topological polar surface area (TPSA) is 61.4 Å². The summed E-state index contributed by atoms with van der Waals surface area (Å²) in [6, 6.07) is 1.69. The van der Waals surface area contributed by atoms with Crippen LogP contribution in [-0.4, -0.2) is 59.3 Å². The van der Waals surface area contributed by atoms with Gasteiger partial charge in [-0.1, -0.05) is 12.2 Å². The summed E-state index contributed by atoms with van der Waals surface area (Å²) in [6.07, 6.45) is 9.92. The first kappa shape index (κ1) is 16.7. The zero-order valence-corrected chi connectivity index (χ0v) is 13.9. The van der Waals surface area contributed by atoms with E-state index in [-0.39, 0.29) is 18.1 Å². The van der Waals surface area contributed by atoms with Crippen LogP contribution in [0.5, 0.6) is 0 Å². The van der Waals surface area contributed by atoms with E-state index in [9.17, 15) is 9.18 Å². The predicted octanol–water partition coefficient (Wildman–Crippen LogP) is 2.14. The molecule has 3 atom stereocenters. The van der Waals surface area contributed by atoms with Crippen LogP contribution in [0.3, 0.4) is 0 Å². The minimum Gasteiger partial charge on any atom is -0.349 e. The first-order valence-corrected chi connectivity index (χ1v) is 8.48. The molecule has 0 aromatic carbocycles. The SMILES string of the molecule is CN(C[C@@H]1C[C@H](F)CN1c1ccncn1)C(=O)NC1C=CCCC1. The summed E-state index contributed by atoms with van der Waals surface area (Å²) in [5.74, 6) is 0.708. The number of carbonyl (C=O) groups excluding carboxylic acids is 1. The van der Waals surface area contributed by atoms with E-state index in [2.05, 4.69) is 27.4 Å². The van der Waals surface area contributed by atoms with Gasteiger partial charge in [0.25, 0.3) is 0 Å². The molecule has 1 unspecified atom stereocenters. The van der Waals surface area contributed by atoms with Gasteiger partial charge >= 0.3 is 6.03 Å². The number of aromatic nitrogens is 2. The van der Waals surface area contributed by atoms with E-state index in [0.717, 1.165) is 19.3 Å². The molecule has 1 N–H and O–H groups in total. The van der Waals surface area contributed by atoms with Gasteiger partial charge in [0.05, 0.1) is 12.6 Å². The predicted molar refractivity (Wildman–Crippen MR) is 90.6 cm³/mol. The number of carbonyl (C=O) groups is 1. The fourth-order valence-corrected chi connectivity index (χ4v) is 3.37. The van der Waals surface area contributed by atoms with Crippen molar-refractivity contribution in [2.75, 3.05) is 25.0 Å². The van der Waals surface area contributed by atoms with Gasteiger partial charge in [-0.25, -0.2) is 19.2 Å². The second-order valence-corrected chi connectivity index (χ2v) is 6.50. The zero-order chi connectivity index (χ0) is 16.9. The molecule has 1 aromatic heterocycles. The van der Waals surface area contributed by atoms with Gasteiger partial charge in [-0.2, -0.15) is 0 Å². The van der Waals surface area contributed by atoms with Crippen LogP contribution in [0.4, 0.5) is 15.0 Å². The Hall–Kier alpha value is -2.18.